The second-order valence-electron chi connectivity index (χ2n) is 8.93. The topological polar surface area (TPSA) is 79.5 Å². The van der Waals surface area contributed by atoms with E-state index in [4.69, 9.17) is 21.1 Å². The number of hydrogen-bond acceptors (Lipinski definition) is 6. The van der Waals surface area contributed by atoms with Crippen LogP contribution in [0.15, 0.2) is 71.8 Å². The molecule has 6 rings (SSSR count). The molecule has 182 valence electrons. The van der Waals surface area contributed by atoms with E-state index in [-0.39, 0.29) is 5.56 Å². The fourth-order valence-electron chi connectivity index (χ4n) is 4.72. The van der Waals surface area contributed by atoms with Gasteiger partial charge >= 0.3 is 0 Å². The van der Waals surface area contributed by atoms with Crippen molar-refractivity contribution in [3.05, 3.63) is 99.1 Å². The number of fused-ring (bicyclic) bond motifs is 2. The lowest BCUT2D eigenvalue weighted by atomic mass is 9.96. The third-order valence-electron chi connectivity index (χ3n) is 6.58. The first-order chi connectivity index (χ1) is 17.6. The molecule has 1 fully saturated rings. The minimum atomic E-state index is -0.132. The SMILES string of the molecule is O=c1cc(N2CCOCC2)cc(-c2cccc3c2Oc2ccc(NCc4ccncc4Cl)cc2C3)[nH]1. The maximum Gasteiger partial charge on any atom is 0.250 e. The normalized spacial score (nSPS) is 14.5. The number of morpholine rings is 1. The van der Waals surface area contributed by atoms with Crippen LogP contribution in [-0.4, -0.2) is 36.3 Å². The van der Waals surface area contributed by atoms with E-state index in [1.54, 1.807) is 18.5 Å². The van der Waals surface area contributed by atoms with Crippen molar-refractivity contribution in [2.45, 2.75) is 13.0 Å². The maximum atomic E-state index is 12.5. The summed E-state index contributed by atoms with van der Waals surface area (Å²) >= 11 is 6.24. The molecule has 0 spiro atoms. The summed E-state index contributed by atoms with van der Waals surface area (Å²) in [4.78, 5) is 21.8. The molecule has 2 aromatic heterocycles. The first-order valence-corrected chi connectivity index (χ1v) is 12.3. The lowest BCUT2D eigenvalue weighted by Gasteiger charge is -2.29. The molecular formula is C28H25ClN4O3. The summed E-state index contributed by atoms with van der Waals surface area (Å²) in [5.74, 6) is 1.60. The van der Waals surface area contributed by atoms with Gasteiger partial charge in [0.05, 0.1) is 23.9 Å². The molecule has 2 aliphatic heterocycles. The van der Waals surface area contributed by atoms with Gasteiger partial charge < -0.3 is 24.7 Å². The molecule has 0 radical (unpaired) electrons. The van der Waals surface area contributed by atoms with Crippen LogP contribution >= 0.6 is 11.6 Å². The van der Waals surface area contributed by atoms with E-state index in [0.717, 1.165) is 70.3 Å². The zero-order valence-corrected chi connectivity index (χ0v) is 20.3. The first-order valence-electron chi connectivity index (χ1n) is 12.0. The van der Waals surface area contributed by atoms with E-state index >= 15 is 0 Å². The maximum absolute atomic E-state index is 12.5. The molecular weight excluding hydrogens is 476 g/mol. The summed E-state index contributed by atoms with van der Waals surface area (Å²) in [6, 6.07) is 17.8. The second kappa shape index (κ2) is 9.68. The van der Waals surface area contributed by atoms with Gasteiger partial charge in [0.25, 0.3) is 0 Å². The van der Waals surface area contributed by atoms with Crippen LogP contribution in [0.2, 0.25) is 5.02 Å². The number of ether oxygens (including phenoxy) is 2. The molecule has 2 N–H and O–H groups in total. The molecule has 36 heavy (non-hydrogen) atoms. The number of nitrogens with zero attached hydrogens (tertiary/aromatic N) is 2. The van der Waals surface area contributed by atoms with Gasteiger partial charge in [-0.1, -0.05) is 23.7 Å². The summed E-state index contributed by atoms with van der Waals surface area (Å²) in [5, 5.41) is 4.08. The molecule has 0 atom stereocenters. The van der Waals surface area contributed by atoms with Gasteiger partial charge in [-0.25, -0.2) is 0 Å². The van der Waals surface area contributed by atoms with E-state index < -0.39 is 0 Å². The molecule has 0 aliphatic carbocycles. The number of aromatic nitrogens is 2. The molecule has 4 aromatic rings. The van der Waals surface area contributed by atoms with E-state index in [1.807, 2.05) is 36.4 Å². The van der Waals surface area contributed by atoms with Crippen molar-refractivity contribution >= 4 is 23.0 Å². The number of pyridine rings is 2. The number of H-pyrrole nitrogens is 1. The van der Waals surface area contributed by atoms with Crippen molar-refractivity contribution in [1.29, 1.82) is 0 Å². The first kappa shape index (κ1) is 22.6. The highest BCUT2D eigenvalue weighted by Gasteiger charge is 2.22. The van der Waals surface area contributed by atoms with E-state index in [9.17, 15) is 4.79 Å². The second-order valence-corrected chi connectivity index (χ2v) is 9.34. The monoisotopic (exact) mass is 500 g/mol. The van der Waals surface area contributed by atoms with Gasteiger partial charge in [-0.05, 0) is 47.5 Å². The Labute approximate surface area is 213 Å². The molecule has 0 unspecified atom stereocenters. The highest BCUT2D eigenvalue weighted by atomic mass is 35.5. The average molecular weight is 501 g/mol. The zero-order chi connectivity index (χ0) is 24.5. The van der Waals surface area contributed by atoms with Crippen LogP contribution in [0, 0.1) is 0 Å². The van der Waals surface area contributed by atoms with Crippen LogP contribution in [-0.2, 0) is 17.7 Å². The van der Waals surface area contributed by atoms with Gasteiger partial charge in [0.1, 0.15) is 11.5 Å². The Morgan fingerprint density at radius 2 is 1.94 bits per heavy atom. The number of halogens is 1. The number of benzene rings is 2. The number of aromatic amines is 1. The van der Waals surface area contributed by atoms with Gasteiger partial charge in [0, 0.05) is 67.0 Å². The average Bonchev–Trinajstić information content (AvgIpc) is 2.91. The molecule has 0 bridgehead atoms. The minimum absolute atomic E-state index is 0.132. The van der Waals surface area contributed by atoms with Crippen LogP contribution in [0.5, 0.6) is 11.5 Å². The van der Waals surface area contributed by atoms with Crippen molar-refractivity contribution in [3.63, 3.8) is 0 Å². The third kappa shape index (κ3) is 4.55. The zero-order valence-electron chi connectivity index (χ0n) is 19.6. The minimum Gasteiger partial charge on any atom is -0.456 e. The number of nitrogens with one attached hydrogen (secondary N) is 2. The highest BCUT2D eigenvalue weighted by Crippen LogP contribution is 2.43. The number of rotatable bonds is 5. The lowest BCUT2D eigenvalue weighted by Crippen LogP contribution is -2.36. The Hall–Kier alpha value is -3.81. The fraction of sp³-hybridized carbons (Fsp3) is 0.214. The van der Waals surface area contributed by atoms with Crippen LogP contribution in [0.3, 0.4) is 0 Å². The molecule has 4 heterocycles. The van der Waals surface area contributed by atoms with E-state index in [2.05, 4.69) is 32.3 Å². The Morgan fingerprint density at radius 1 is 1.06 bits per heavy atom. The summed E-state index contributed by atoms with van der Waals surface area (Å²) in [5.41, 5.74) is 6.55. The Bertz CT molecular complexity index is 1480. The molecule has 8 heteroatoms. The summed E-state index contributed by atoms with van der Waals surface area (Å²) in [7, 11) is 0. The molecule has 0 saturated carbocycles. The molecule has 2 aromatic carbocycles. The number of anilines is 2. The van der Waals surface area contributed by atoms with Crippen LogP contribution in [0.25, 0.3) is 11.3 Å². The smallest absolute Gasteiger partial charge is 0.250 e. The van der Waals surface area contributed by atoms with Crippen molar-refractivity contribution < 1.29 is 9.47 Å². The van der Waals surface area contributed by atoms with Gasteiger partial charge in [-0.3, -0.25) is 9.78 Å². The number of para-hydroxylation sites is 1. The quantitative estimate of drug-likeness (QED) is 0.344. The Balaban J connectivity index is 1.27. The standard InChI is InChI=1S/C28H25ClN4O3/c29-24-17-30-7-6-19(24)16-31-21-4-5-26-20(13-21)12-18-2-1-3-23(28(18)36-26)25-14-22(15-27(34)32-25)33-8-10-35-11-9-33/h1-7,13-15,17,31H,8-12,16H2,(H,32,34). The predicted molar refractivity (Wildman–Crippen MR) is 141 cm³/mol. The van der Waals surface area contributed by atoms with Crippen LogP contribution in [0.4, 0.5) is 11.4 Å². The van der Waals surface area contributed by atoms with E-state index in [0.29, 0.717) is 24.8 Å². The van der Waals surface area contributed by atoms with Gasteiger partial charge in [0.15, 0.2) is 0 Å². The fourth-order valence-corrected chi connectivity index (χ4v) is 4.91. The molecule has 7 nitrogen and oxygen atoms in total. The van der Waals surface area contributed by atoms with E-state index in [1.165, 1.54) is 0 Å². The molecule has 2 aliphatic rings. The predicted octanol–water partition coefficient (Wildman–Crippen LogP) is 5.24. The van der Waals surface area contributed by atoms with Crippen molar-refractivity contribution in [2.24, 2.45) is 0 Å². The Morgan fingerprint density at radius 3 is 2.81 bits per heavy atom. The summed E-state index contributed by atoms with van der Waals surface area (Å²) < 4.78 is 11.9. The summed E-state index contributed by atoms with van der Waals surface area (Å²) in [6.07, 6.45) is 4.12. The Kier molecular flexibility index (Phi) is 6.09. The van der Waals surface area contributed by atoms with Gasteiger partial charge in [-0.15, -0.1) is 0 Å². The number of hydrogen-bond donors (Lipinski definition) is 2. The van der Waals surface area contributed by atoms with Crippen molar-refractivity contribution in [1.82, 2.24) is 9.97 Å². The summed E-state index contributed by atoms with van der Waals surface area (Å²) in [6.45, 7) is 3.46. The van der Waals surface area contributed by atoms with Gasteiger partial charge in [-0.2, -0.15) is 0 Å². The lowest BCUT2D eigenvalue weighted by molar-refractivity contribution is 0.122. The molecule has 0 amide bonds. The third-order valence-corrected chi connectivity index (χ3v) is 6.93. The van der Waals surface area contributed by atoms with Crippen molar-refractivity contribution in [3.8, 4) is 22.8 Å². The van der Waals surface area contributed by atoms with Crippen LogP contribution < -0.4 is 20.5 Å². The molecule has 1 saturated heterocycles. The van der Waals surface area contributed by atoms with Gasteiger partial charge in [0.2, 0.25) is 5.56 Å². The highest BCUT2D eigenvalue weighted by molar-refractivity contribution is 6.31. The van der Waals surface area contributed by atoms with Crippen molar-refractivity contribution in [2.75, 3.05) is 36.5 Å². The largest absolute Gasteiger partial charge is 0.456 e. The van der Waals surface area contributed by atoms with Crippen LogP contribution in [0.1, 0.15) is 16.7 Å².